The average Bonchev–Trinajstić information content (AvgIpc) is 3.14. The predicted octanol–water partition coefficient (Wildman–Crippen LogP) is 4.24. The van der Waals surface area contributed by atoms with Gasteiger partial charge in [-0.15, -0.1) is 23.1 Å². The van der Waals surface area contributed by atoms with Crippen LogP contribution in [-0.4, -0.2) is 21.5 Å². The van der Waals surface area contributed by atoms with Crippen molar-refractivity contribution in [2.45, 2.75) is 31.5 Å². The SMILES string of the molecule is CO[C@H](C)c1nc(CSCc2cn3cccc(C)c3n2)cs1. The van der Waals surface area contributed by atoms with Gasteiger partial charge in [-0.25, -0.2) is 9.97 Å². The summed E-state index contributed by atoms with van der Waals surface area (Å²) < 4.78 is 7.39. The Morgan fingerprint density at radius 2 is 2.14 bits per heavy atom. The largest absolute Gasteiger partial charge is 0.375 e. The number of pyridine rings is 1. The Labute approximate surface area is 138 Å². The number of aryl methyl sites for hydroxylation is 1. The predicted molar refractivity (Wildman–Crippen MR) is 92.5 cm³/mol. The summed E-state index contributed by atoms with van der Waals surface area (Å²) in [6, 6.07) is 4.14. The van der Waals surface area contributed by atoms with Gasteiger partial charge in [0.2, 0.25) is 0 Å². The minimum absolute atomic E-state index is 0.0742. The van der Waals surface area contributed by atoms with Gasteiger partial charge >= 0.3 is 0 Å². The molecule has 0 saturated carbocycles. The number of hydrogen-bond acceptors (Lipinski definition) is 5. The van der Waals surface area contributed by atoms with E-state index in [0.29, 0.717) is 0 Å². The highest BCUT2D eigenvalue weighted by molar-refractivity contribution is 7.97. The third-order valence-electron chi connectivity index (χ3n) is 3.50. The fraction of sp³-hybridized carbons (Fsp3) is 0.375. The molecule has 0 fully saturated rings. The van der Waals surface area contributed by atoms with Gasteiger partial charge in [0.25, 0.3) is 0 Å². The van der Waals surface area contributed by atoms with E-state index < -0.39 is 0 Å². The van der Waals surface area contributed by atoms with Gasteiger partial charge in [-0.3, -0.25) is 0 Å². The quantitative estimate of drug-likeness (QED) is 0.676. The first kappa shape index (κ1) is 15.5. The number of thiazole rings is 1. The Balaban J connectivity index is 1.60. The summed E-state index contributed by atoms with van der Waals surface area (Å²) in [5.74, 6) is 1.80. The highest BCUT2D eigenvalue weighted by Crippen LogP contribution is 2.24. The van der Waals surface area contributed by atoms with Crippen LogP contribution in [0.3, 0.4) is 0 Å². The number of nitrogens with zero attached hydrogens (tertiary/aromatic N) is 3. The first-order valence-electron chi connectivity index (χ1n) is 7.15. The van der Waals surface area contributed by atoms with Gasteiger partial charge in [0.15, 0.2) is 0 Å². The van der Waals surface area contributed by atoms with Crippen LogP contribution in [0.15, 0.2) is 29.9 Å². The van der Waals surface area contributed by atoms with Gasteiger partial charge < -0.3 is 9.14 Å². The summed E-state index contributed by atoms with van der Waals surface area (Å²) in [5, 5.41) is 3.16. The molecule has 116 valence electrons. The van der Waals surface area contributed by atoms with E-state index in [0.717, 1.165) is 33.5 Å². The molecule has 22 heavy (non-hydrogen) atoms. The van der Waals surface area contributed by atoms with Crippen LogP contribution in [0, 0.1) is 6.92 Å². The lowest BCUT2D eigenvalue weighted by Crippen LogP contribution is -1.95. The molecule has 0 bridgehead atoms. The smallest absolute Gasteiger partial charge is 0.139 e. The molecule has 6 heteroatoms. The van der Waals surface area contributed by atoms with Crippen molar-refractivity contribution in [2.24, 2.45) is 0 Å². The molecular weight excluding hydrogens is 314 g/mol. The second kappa shape index (κ2) is 6.81. The van der Waals surface area contributed by atoms with E-state index >= 15 is 0 Å². The monoisotopic (exact) mass is 333 g/mol. The maximum absolute atomic E-state index is 5.30. The molecule has 0 aliphatic rings. The zero-order chi connectivity index (χ0) is 15.5. The molecule has 0 aliphatic carbocycles. The molecule has 0 radical (unpaired) electrons. The lowest BCUT2D eigenvalue weighted by molar-refractivity contribution is 0.119. The minimum Gasteiger partial charge on any atom is -0.375 e. The number of aromatic nitrogens is 3. The van der Waals surface area contributed by atoms with Crippen LogP contribution in [0.5, 0.6) is 0 Å². The number of ether oxygens (including phenoxy) is 1. The van der Waals surface area contributed by atoms with Crippen molar-refractivity contribution in [1.82, 2.24) is 14.4 Å². The van der Waals surface area contributed by atoms with E-state index in [-0.39, 0.29) is 6.10 Å². The van der Waals surface area contributed by atoms with E-state index in [2.05, 4.69) is 40.0 Å². The van der Waals surface area contributed by atoms with E-state index in [9.17, 15) is 0 Å². The molecule has 0 N–H and O–H groups in total. The highest BCUT2D eigenvalue weighted by atomic mass is 32.2. The lowest BCUT2D eigenvalue weighted by atomic mass is 10.3. The molecule has 4 nitrogen and oxygen atoms in total. The van der Waals surface area contributed by atoms with Crippen molar-refractivity contribution < 1.29 is 4.74 Å². The van der Waals surface area contributed by atoms with Crippen LogP contribution in [0.25, 0.3) is 5.65 Å². The summed E-state index contributed by atoms with van der Waals surface area (Å²) in [6.07, 6.45) is 4.22. The zero-order valence-electron chi connectivity index (χ0n) is 12.9. The fourth-order valence-electron chi connectivity index (χ4n) is 2.21. The average molecular weight is 333 g/mol. The van der Waals surface area contributed by atoms with E-state index in [1.54, 1.807) is 18.4 Å². The van der Waals surface area contributed by atoms with E-state index in [4.69, 9.17) is 9.72 Å². The summed E-state index contributed by atoms with van der Waals surface area (Å²) in [4.78, 5) is 9.31. The molecule has 1 atom stereocenters. The van der Waals surface area contributed by atoms with Crippen LogP contribution in [0.1, 0.15) is 35.0 Å². The van der Waals surface area contributed by atoms with E-state index in [1.807, 2.05) is 24.9 Å². The molecule has 0 unspecified atom stereocenters. The number of hydrogen-bond donors (Lipinski definition) is 0. The van der Waals surface area contributed by atoms with Crippen LogP contribution in [-0.2, 0) is 16.2 Å². The number of thioether (sulfide) groups is 1. The van der Waals surface area contributed by atoms with Crippen molar-refractivity contribution in [2.75, 3.05) is 7.11 Å². The third kappa shape index (κ3) is 3.34. The van der Waals surface area contributed by atoms with Gasteiger partial charge in [-0.05, 0) is 25.5 Å². The maximum atomic E-state index is 5.30. The molecule has 0 aliphatic heterocycles. The Bertz CT molecular complexity index is 766. The molecule has 3 rings (SSSR count). The van der Waals surface area contributed by atoms with Gasteiger partial charge in [0.05, 0.1) is 11.4 Å². The van der Waals surface area contributed by atoms with Gasteiger partial charge in [0, 0.05) is 36.4 Å². The number of imidazole rings is 1. The summed E-state index contributed by atoms with van der Waals surface area (Å²) in [6.45, 7) is 4.11. The molecule has 0 aromatic carbocycles. The summed E-state index contributed by atoms with van der Waals surface area (Å²) in [7, 11) is 1.71. The zero-order valence-corrected chi connectivity index (χ0v) is 14.6. The first-order valence-corrected chi connectivity index (χ1v) is 9.19. The molecule has 3 aromatic rings. The normalized spacial score (nSPS) is 12.9. The van der Waals surface area contributed by atoms with Crippen LogP contribution < -0.4 is 0 Å². The standard InChI is InChI=1S/C16H19N3OS2/c1-11-5-4-6-19-7-13(17-15(11)19)8-21-9-14-10-22-16(18-14)12(2)20-3/h4-7,10,12H,8-9H2,1-3H3/t12-/m1/s1. The van der Waals surface area contributed by atoms with Crippen LogP contribution >= 0.6 is 23.1 Å². The Kier molecular flexibility index (Phi) is 4.81. The third-order valence-corrected chi connectivity index (χ3v) is 5.55. The van der Waals surface area contributed by atoms with Crippen molar-refractivity contribution >= 4 is 28.7 Å². The van der Waals surface area contributed by atoms with Crippen LogP contribution in [0.4, 0.5) is 0 Å². The Hall–Kier alpha value is -1.37. The van der Waals surface area contributed by atoms with Gasteiger partial charge in [0.1, 0.15) is 16.8 Å². The molecular formula is C16H19N3OS2. The Morgan fingerprint density at radius 1 is 1.32 bits per heavy atom. The molecule has 0 amide bonds. The van der Waals surface area contributed by atoms with Crippen molar-refractivity contribution in [3.8, 4) is 0 Å². The lowest BCUT2D eigenvalue weighted by Gasteiger charge is -2.03. The molecule has 0 saturated heterocycles. The summed E-state index contributed by atoms with van der Waals surface area (Å²) in [5.41, 5.74) is 4.48. The second-order valence-electron chi connectivity index (χ2n) is 5.20. The number of methoxy groups -OCH3 is 1. The molecule has 3 aromatic heterocycles. The first-order chi connectivity index (χ1) is 10.7. The minimum atomic E-state index is 0.0742. The highest BCUT2D eigenvalue weighted by Gasteiger charge is 2.10. The Morgan fingerprint density at radius 3 is 2.91 bits per heavy atom. The van der Waals surface area contributed by atoms with Crippen molar-refractivity contribution in [3.63, 3.8) is 0 Å². The molecule has 0 spiro atoms. The van der Waals surface area contributed by atoms with Crippen molar-refractivity contribution in [1.29, 1.82) is 0 Å². The number of fused-ring (bicyclic) bond motifs is 1. The van der Waals surface area contributed by atoms with Gasteiger partial charge in [-0.2, -0.15) is 0 Å². The fourth-order valence-corrected chi connectivity index (χ4v) is 3.97. The van der Waals surface area contributed by atoms with Gasteiger partial charge in [-0.1, -0.05) is 6.07 Å². The maximum Gasteiger partial charge on any atom is 0.139 e. The molecule has 3 heterocycles. The second-order valence-corrected chi connectivity index (χ2v) is 7.08. The summed E-state index contributed by atoms with van der Waals surface area (Å²) >= 11 is 3.51. The van der Waals surface area contributed by atoms with Crippen molar-refractivity contribution in [3.05, 3.63) is 51.9 Å². The topological polar surface area (TPSA) is 39.4 Å². The van der Waals surface area contributed by atoms with E-state index in [1.165, 1.54) is 5.56 Å². The van der Waals surface area contributed by atoms with Crippen LogP contribution in [0.2, 0.25) is 0 Å². The number of rotatable bonds is 6.